The Kier molecular flexibility index (Phi) is 6.40. The van der Waals surface area contributed by atoms with E-state index in [1.54, 1.807) is 12.1 Å². The maximum Gasteiger partial charge on any atom is 0.207 e. The summed E-state index contributed by atoms with van der Waals surface area (Å²) in [4.78, 5) is 2.97. The standard InChI is InChI=1S/C49H31NO2S/c51-53(52)46-26-21-32(31-18-23-37(24-19-31)50(35-10-3-1-4-11-35)36-12-5-2-6-13-36)29-44(46)45-30-34(22-27-47(45)53)33-20-25-42-43(28-33)41-17-9-16-40-38-14-7-8-15-39(38)49(42)48(40)41/h1-30,49H. The number of anilines is 3. The minimum atomic E-state index is -3.63. The molecule has 1 unspecified atom stereocenters. The van der Waals surface area contributed by atoms with E-state index in [-0.39, 0.29) is 5.92 Å². The Hall–Kier alpha value is -6.49. The molecule has 0 bridgehead atoms. The summed E-state index contributed by atoms with van der Waals surface area (Å²) in [6.45, 7) is 0. The highest BCUT2D eigenvalue weighted by Crippen LogP contribution is 2.58. The second-order valence-electron chi connectivity index (χ2n) is 14.1. The van der Waals surface area contributed by atoms with E-state index in [0.717, 1.165) is 50.4 Å². The molecule has 0 saturated carbocycles. The van der Waals surface area contributed by atoms with Gasteiger partial charge in [0.2, 0.25) is 9.84 Å². The molecule has 8 aromatic rings. The lowest BCUT2D eigenvalue weighted by atomic mass is 9.91. The second-order valence-corrected chi connectivity index (χ2v) is 16.0. The van der Waals surface area contributed by atoms with Crippen LogP contribution in [0.5, 0.6) is 0 Å². The summed E-state index contributed by atoms with van der Waals surface area (Å²) < 4.78 is 27.6. The van der Waals surface area contributed by atoms with Gasteiger partial charge in [0.15, 0.2) is 0 Å². The van der Waals surface area contributed by atoms with E-state index in [4.69, 9.17) is 0 Å². The van der Waals surface area contributed by atoms with Crippen molar-refractivity contribution >= 4 is 26.9 Å². The van der Waals surface area contributed by atoms with E-state index < -0.39 is 9.84 Å². The number of para-hydroxylation sites is 2. The zero-order valence-corrected chi connectivity index (χ0v) is 29.4. The van der Waals surface area contributed by atoms with Crippen LogP contribution in [0, 0.1) is 0 Å². The highest BCUT2D eigenvalue weighted by molar-refractivity contribution is 7.92. The van der Waals surface area contributed by atoms with Crippen molar-refractivity contribution in [2.75, 3.05) is 4.90 Å². The maximum atomic E-state index is 13.8. The van der Waals surface area contributed by atoms with E-state index in [1.807, 2.05) is 54.6 Å². The molecule has 3 nitrogen and oxygen atoms in total. The third kappa shape index (κ3) is 4.43. The van der Waals surface area contributed by atoms with Crippen molar-refractivity contribution in [1.82, 2.24) is 0 Å². The lowest BCUT2D eigenvalue weighted by molar-refractivity contribution is 0.598. The van der Waals surface area contributed by atoms with Crippen LogP contribution in [0.1, 0.15) is 22.6 Å². The molecule has 0 fully saturated rings. The lowest BCUT2D eigenvalue weighted by Gasteiger charge is -2.25. The first-order valence-corrected chi connectivity index (χ1v) is 19.4. The van der Waals surface area contributed by atoms with Crippen molar-refractivity contribution in [1.29, 1.82) is 0 Å². The summed E-state index contributed by atoms with van der Waals surface area (Å²) in [5, 5.41) is 0. The van der Waals surface area contributed by atoms with Gasteiger partial charge in [-0.2, -0.15) is 0 Å². The summed E-state index contributed by atoms with van der Waals surface area (Å²) in [5.41, 5.74) is 18.1. The summed E-state index contributed by atoms with van der Waals surface area (Å²) in [6, 6.07) is 62.9. The molecule has 0 aromatic heterocycles. The highest BCUT2D eigenvalue weighted by Gasteiger charge is 2.39. The van der Waals surface area contributed by atoms with Crippen molar-refractivity contribution in [3.05, 3.63) is 199 Å². The van der Waals surface area contributed by atoms with Gasteiger partial charge in [0.05, 0.1) is 9.79 Å². The zero-order valence-electron chi connectivity index (χ0n) is 28.6. The van der Waals surface area contributed by atoms with Gasteiger partial charge in [-0.1, -0.05) is 115 Å². The van der Waals surface area contributed by atoms with Gasteiger partial charge in [0.25, 0.3) is 0 Å². The third-order valence-electron chi connectivity index (χ3n) is 11.3. The quantitative estimate of drug-likeness (QED) is 0.180. The van der Waals surface area contributed by atoms with E-state index in [2.05, 4.69) is 120 Å². The lowest BCUT2D eigenvalue weighted by Crippen LogP contribution is -2.09. The largest absolute Gasteiger partial charge is 0.311 e. The molecule has 2 aliphatic carbocycles. The van der Waals surface area contributed by atoms with Crippen molar-refractivity contribution in [3.63, 3.8) is 0 Å². The van der Waals surface area contributed by atoms with E-state index >= 15 is 0 Å². The molecule has 53 heavy (non-hydrogen) atoms. The monoisotopic (exact) mass is 697 g/mol. The molecule has 11 rings (SSSR count). The predicted molar refractivity (Wildman–Crippen MR) is 215 cm³/mol. The van der Waals surface area contributed by atoms with Crippen LogP contribution in [-0.2, 0) is 9.84 Å². The molecule has 8 aromatic carbocycles. The van der Waals surface area contributed by atoms with Crippen LogP contribution < -0.4 is 4.90 Å². The fourth-order valence-corrected chi connectivity index (χ4v) is 10.5. The van der Waals surface area contributed by atoms with Crippen LogP contribution >= 0.6 is 0 Å². The summed E-state index contributed by atoms with van der Waals surface area (Å²) in [6.07, 6.45) is 0. The molecule has 0 saturated heterocycles. The molecule has 1 heterocycles. The molecule has 0 spiro atoms. The number of nitrogens with zero attached hydrogens (tertiary/aromatic N) is 1. The van der Waals surface area contributed by atoms with Crippen LogP contribution in [0.25, 0.3) is 55.6 Å². The van der Waals surface area contributed by atoms with Crippen LogP contribution in [-0.4, -0.2) is 8.42 Å². The van der Waals surface area contributed by atoms with Gasteiger partial charge in [-0.05, 0) is 128 Å². The Labute approximate surface area is 309 Å². The number of hydrogen-bond acceptors (Lipinski definition) is 3. The molecule has 1 aliphatic heterocycles. The average molecular weight is 698 g/mol. The Balaban J connectivity index is 0.968. The first-order valence-electron chi connectivity index (χ1n) is 18.0. The Morgan fingerprint density at radius 1 is 0.358 bits per heavy atom. The summed E-state index contributed by atoms with van der Waals surface area (Å²) in [5.74, 6) is 0.255. The molecule has 1 atom stereocenters. The maximum absolute atomic E-state index is 13.8. The van der Waals surface area contributed by atoms with E-state index in [0.29, 0.717) is 9.79 Å². The van der Waals surface area contributed by atoms with Crippen LogP contribution in [0.4, 0.5) is 17.1 Å². The Bertz CT molecular complexity index is 2860. The third-order valence-corrected chi connectivity index (χ3v) is 13.1. The second kappa shape index (κ2) is 11.3. The number of hydrogen-bond donors (Lipinski definition) is 0. The first kappa shape index (κ1) is 30.2. The number of benzene rings is 8. The predicted octanol–water partition coefficient (Wildman–Crippen LogP) is 12.4. The fourth-order valence-electron chi connectivity index (χ4n) is 8.87. The van der Waals surface area contributed by atoms with E-state index in [9.17, 15) is 8.42 Å². The van der Waals surface area contributed by atoms with Crippen molar-refractivity contribution < 1.29 is 8.42 Å². The molecular weight excluding hydrogens is 667 g/mol. The molecule has 0 N–H and O–H groups in total. The van der Waals surface area contributed by atoms with Gasteiger partial charge in [-0.3, -0.25) is 0 Å². The number of rotatable bonds is 5. The topological polar surface area (TPSA) is 37.4 Å². The van der Waals surface area contributed by atoms with Crippen LogP contribution in [0.15, 0.2) is 192 Å². The minimum absolute atomic E-state index is 0.255. The van der Waals surface area contributed by atoms with E-state index in [1.165, 1.54) is 38.9 Å². The smallest absolute Gasteiger partial charge is 0.207 e. The van der Waals surface area contributed by atoms with Crippen molar-refractivity contribution in [2.45, 2.75) is 15.7 Å². The minimum Gasteiger partial charge on any atom is -0.311 e. The fraction of sp³-hybridized carbons (Fsp3) is 0.0204. The van der Waals surface area contributed by atoms with Gasteiger partial charge < -0.3 is 4.90 Å². The van der Waals surface area contributed by atoms with Crippen molar-refractivity contribution in [3.8, 4) is 55.6 Å². The van der Waals surface area contributed by atoms with Gasteiger partial charge in [-0.15, -0.1) is 0 Å². The summed E-state index contributed by atoms with van der Waals surface area (Å²) >= 11 is 0. The molecule has 0 radical (unpaired) electrons. The average Bonchev–Trinajstić information content (AvgIpc) is 3.81. The Morgan fingerprint density at radius 2 is 0.811 bits per heavy atom. The molecular formula is C49H31NO2S. The highest BCUT2D eigenvalue weighted by atomic mass is 32.2. The first-order chi connectivity index (χ1) is 26.0. The molecule has 4 heteroatoms. The van der Waals surface area contributed by atoms with Gasteiger partial charge in [0, 0.05) is 34.1 Å². The summed E-state index contributed by atoms with van der Waals surface area (Å²) in [7, 11) is -3.63. The van der Waals surface area contributed by atoms with Crippen LogP contribution in [0.3, 0.4) is 0 Å². The molecule has 250 valence electrons. The molecule has 0 amide bonds. The Morgan fingerprint density at radius 3 is 1.45 bits per heavy atom. The van der Waals surface area contributed by atoms with Gasteiger partial charge in [0.1, 0.15) is 0 Å². The normalized spacial score (nSPS) is 14.9. The van der Waals surface area contributed by atoms with Gasteiger partial charge in [-0.25, -0.2) is 8.42 Å². The molecule has 3 aliphatic rings. The van der Waals surface area contributed by atoms with Crippen molar-refractivity contribution in [2.24, 2.45) is 0 Å². The van der Waals surface area contributed by atoms with Crippen LogP contribution in [0.2, 0.25) is 0 Å². The number of sulfone groups is 1. The zero-order chi connectivity index (χ0) is 35.3. The van der Waals surface area contributed by atoms with Gasteiger partial charge >= 0.3 is 0 Å². The number of fused-ring (bicyclic) bond motifs is 9. The SMILES string of the molecule is O=S1(=O)c2ccc(-c3ccc(N(c4ccccc4)c4ccccc4)cc3)cc2-c2cc(-c3ccc4c(c3)-c3cccc5c3C4c3ccccc3-5)ccc21.